The van der Waals surface area contributed by atoms with Gasteiger partial charge in [0.2, 0.25) is 5.91 Å². The molecule has 7 nitrogen and oxygen atoms in total. The molecule has 7 heteroatoms. The van der Waals surface area contributed by atoms with Crippen molar-refractivity contribution in [3.8, 4) is 0 Å². The predicted molar refractivity (Wildman–Crippen MR) is 101 cm³/mol. The van der Waals surface area contributed by atoms with Gasteiger partial charge in [-0.3, -0.25) is 14.9 Å². The molecular weight excluding hydrogens is 346 g/mol. The van der Waals surface area contributed by atoms with Crippen molar-refractivity contribution in [2.24, 2.45) is 0 Å². The summed E-state index contributed by atoms with van der Waals surface area (Å²) in [7, 11) is 0. The number of carbonyl (C=O) groups excluding carboxylic acids is 1. The number of benzene rings is 2. The molecule has 1 atom stereocenters. The van der Waals surface area contributed by atoms with E-state index in [1.54, 1.807) is 12.1 Å². The van der Waals surface area contributed by atoms with Crippen molar-refractivity contribution < 1.29 is 19.4 Å². The van der Waals surface area contributed by atoms with Gasteiger partial charge in [-0.25, -0.2) is 0 Å². The molecule has 0 unspecified atom stereocenters. The molecule has 0 aliphatic carbocycles. The third-order valence-corrected chi connectivity index (χ3v) is 4.74. The maximum absolute atomic E-state index is 12.6. The monoisotopic (exact) mass is 370 g/mol. The van der Waals surface area contributed by atoms with Crippen LogP contribution in [0.25, 0.3) is 0 Å². The van der Waals surface area contributed by atoms with E-state index < -0.39 is 4.92 Å². The zero-order chi connectivity index (χ0) is 19.1. The van der Waals surface area contributed by atoms with Crippen molar-refractivity contribution in [3.63, 3.8) is 0 Å². The van der Waals surface area contributed by atoms with Crippen molar-refractivity contribution >= 4 is 11.6 Å². The van der Waals surface area contributed by atoms with E-state index in [9.17, 15) is 14.9 Å². The molecule has 1 saturated heterocycles. The van der Waals surface area contributed by atoms with Crippen molar-refractivity contribution in [1.29, 1.82) is 0 Å². The summed E-state index contributed by atoms with van der Waals surface area (Å²) in [5.41, 5.74) is 1.86. The second kappa shape index (κ2) is 9.25. The Morgan fingerprint density at radius 3 is 2.41 bits per heavy atom. The molecule has 142 valence electrons. The number of morpholine rings is 1. The first-order chi connectivity index (χ1) is 13.1. The summed E-state index contributed by atoms with van der Waals surface area (Å²) < 4.78 is 5.42. The van der Waals surface area contributed by atoms with E-state index in [2.05, 4.69) is 5.32 Å². The Hall–Kier alpha value is -2.77. The van der Waals surface area contributed by atoms with Gasteiger partial charge in [0.25, 0.3) is 5.69 Å². The highest BCUT2D eigenvalue weighted by molar-refractivity contribution is 5.79. The van der Waals surface area contributed by atoms with Crippen molar-refractivity contribution in [2.45, 2.75) is 12.5 Å². The van der Waals surface area contributed by atoms with E-state index in [1.165, 1.54) is 17.0 Å². The Morgan fingerprint density at radius 1 is 1.11 bits per heavy atom. The van der Waals surface area contributed by atoms with E-state index in [1.807, 2.05) is 30.3 Å². The smallest absolute Gasteiger partial charge is 0.269 e. The van der Waals surface area contributed by atoms with Crippen LogP contribution < -0.4 is 10.2 Å². The summed E-state index contributed by atoms with van der Waals surface area (Å²) in [5.74, 6) is -0.0923. The highest BCUT2D eigenvalue weighted by Gasteiger charge is 2.23. The highest BCUT2D eigenvalue weighted by Crippen LogP contribution is 2.14. The summed E-state index contributed by atoms with van der Waals surface area (Å²) in [6.45, 7) is 4.16. The van der Waals surface area contributed by atoms with Crippen molar-refractivity contribution in [3.05, 3.63) is 75.8 Å². The summed E-state index contributed by atoms with van der Waals surface area (Å²) in [5, 5.41) is 13.9. The lowest BCUT2D eigenvalue weighted by Gasteiger charge is -2.28. The van der Waals surface area contributed by atoms with E-state index in [0.717, 1.165) is 44.0 Å². The number of rotatable bonds is 7. The van der Waals surface area contributed by atoms with Gasteiger partial charge in [0, 0.05) is 12.1 Å². The fraction of sp³-hybridized carbons (Fsp3) is 0.350. The number of amides is 1. The zero-order valence-electron chi connectivity index (χ0n) is 15.1. The summed E-state index contributed by atoms with van der Waals surface area (Å²) in [4.78, 5) is 24.3. The number of carbonyl (C=O) groups is 1. The van der Waals surface area contributed by atoms with Crippen LogP contribution in [0.4, 0.5) is 5.69 Å². The topological polar surface area (TPSA) is 85.9 Å². The molecule has 0 radical (unpaired) electrons. The second-order valence-corrected chi connectivity index (χ2v) is 6.70. The fourth-order valence-corrected chi connectivity index (χ4v) is 3.26. The Kier molecular flexibility index (Phi) is 6.51. The molecule has 1 heterocycles. The van der Waals surface area contributed by atoms with Crippen LogP contribution in [0.5, 0.6) is 0 Å². The molecule has 27 heavy (non-hydrogen) atoms. The average Bonchev–Trinajstić information content (AvgIpc) is 2.69. The number of nitro benzene ring substituents is 1. The van der Waals surface area contributed by atoms with E-state index in [4.69, 9.17) is 4.74 Å². The molecule has 1 aliphatic rings. The SMILES string of the molecule is O=C(Cc1ccc([N+](=O)[O-])cc1)N[C@H](C[NH+]1CCOCC1)c1ccccc1. The van der Waals surface area contributed by atoms with Crippen LogP contribution in [0.15, 0.2) is 54.6 Å². The van der Waals surface area contributed by atoms with Gasteiger partial charge in [0.05, 0.1) is 24.6 Å². The predicted octanol–water partition coefficient (Wildman–Crippen LogP) is 0.910. The van der Waals surface area contributed by atoms with Gasteiger partial charge in [-0.2, -0.15) is 0 Å². The normalized spacial score (nSPS) is 15.9. The van der Waals surface area contributed by atoms with Gasteiger partial charge in [-0.05, 0) is 11.1 Å². The van der Waals surface area contributed by atoms with E-state index in [-0.39, 0.29) is 24.1 Å². The number of ether oxygens (including phenoxy) is 1. The molecule has 0 spiro atoms. The highest BCUT2D eigenvalue weighted by atomic mass is 16.6. The number of nitrogens with zero attached hydrogens (tertiary/aromatic N) is 1. The lowest BCUT2D eigenvalue weighted by Crippen LogP contribution is -3.14. The molecule has 0 aromatic heterocycles. The molecule has 3 rings (SSSR count). The summed E-state index contributed by atoms with van der Waals surface area (Å²) >= 11 is 0. The van der Waals surface area contributed by atoms with Crippen LogP contribution in [-0.4, -0.2) is 43.7 Å². The molecule has 0 bridgehead atoms. The molecule has 0 saturated carbocycles. The zero-order valence-corrected chi connectivity index (χ0v) is 15.1. The first-order valence-corrected chi connectivity index (χ1v) is 9.11. The number of quaternary nitrogens is 1. The van der Waals surface area contributed by atoms with Gasteiger partial charge in [0.1, 0.15) is 25.7 Å². The maximum Gasteiger partial charge on any atom is 0.269 e. The number of hydrogen-bond acceptors (Lipinski definition) is 4. The second-order valence-electron chi connectivity index (χ2n) is 6.70. The van der Waals surface area contributed by atoms with E-state index in [0.29, 0.717) is 0 Å². The average molecular weight is 370 g/mol. The minimum absolute atomic E-state index is 0.0252. The molecule has 2 N–H and O–H groups in total. The summed E-state index contributed by atoms with van der Waals surface area (Å²) in [6.07, 6.45) is 0.194. The third kappa shape index (κ3) is 5.60. The Labute approximate surface area is 158 Å². The molecule has 2 aromatic rings. The largest absolute Gasteiger partial charge is 0.370 e. The number of nitro groups is 1. The van der Waals surface area contributed by atoms with Gasteiger partial charge in [-0.1, -0.05) is 42.5 Å². The summed E-state index contributed by atoms with van der Waals surface area (Å²) in [6, 6.07) is 16.0. The lowest BCUT2D eigenvalue weighted by atomic mass is 10.0. The fourth-order valence-electron chi connectivity index (χ4n) is 3.26. The van der Waals surface area contributed by atoms with Crippen LogP contribution in [0.3, 0.4) is 0 Å². The molecule has 1 fully saturated rings. The van der Waals surface area contributed by atoms with Gasteiger partial charge in [-0.15, -0.1) is 0 Å². The lowest BCUT2D eigenvalue weighted by molar-refractivity contribution is -0.909. The molecular formula is C20H24N3O4+. The first kappa shape index (κ1) is 19.0. The van der Waals surface area contributed by atoms with Crippen LogP contribution >= 0.6 is 0 Å². The molecule has 1 aliphatic heterocycles. The number of non-ortho nitro benzene ring substituents is 1. The number of hydrogen-bond donors (Lipinski definition) is 2. The van der Waals surface area contributed by atoms with Crippen LogP contribution in [0.1, 0.15) is 17.2 Å². The number of nitrogens with one attached hydrogen (secondary N) is 2. The standard InChI is InChI=1S/C20H23N3O4/c24-20(14-16-6-8-18(9-7-16)23(25)26)21-19(17-4-2-1-3-5-17)15-22-10-12-27-13-11-22/h1-9,19H,10-15H2,(H,21,24)/p+1/t19-/m1/s1. The van der Waals surface area contributed by atoms with Gasteiger partial charge < -0.3 is 15.0 Å². The quantitative estimate of drug-likeness (QED) is 0.560. The van der Waals surface area contributed by atoms with Crippen LogP contribution in [-0.2, 0) is 16.0 Å². The van der Waals surface area contributed by atoms with Crippen molar-refractivity contribution in [1.82, 2.24) is 5.32 Å². The van der Waals surface area contributed by atoms with E-state index >= 15 is 0 Å². The molecule has 1 amide bonds. The van der Waals surface area contributed by atoms with Crippen molar-refractivity contribution in [2.75, 3.05) is 32.8 Å². The molecule has 2 aromatic carbocycles. The Bertz CT molecular complexity index is 759. The maximum atomic E-state index is 12.6. The Balaban J connectivity index is 1.65. The third-order valence-electron chi connectivity index (χ3n) is 4.74. The first-order valence-electron chi connectivity index (χ1n) is 9.11. The van der Waals surface area contributed by atoms with Crippen LogP contribution in [0.2, 0.25) is 0 Å². The van der Waals surface area contributed by atoms with Gasteiger partial charge >= 0.3 is 0 Å². The minimum atomic E-state index is -0.444. The van der Waals surface area contributed by atoms with Crippen LogP contribution in [0, 0.1) is 10.1 Å². The minimum Gasteiger partial charge on any atom is -0.370 e. The Morgan fingerprint density at radius 2 is 1.78 bits per heavy atom. The van der Waals surface area contributed by atoms with Gasteiger partial charge in [0.15, 0.2) is 0 Å².